The van der Waals surface area contributed by atoms with E-state index in [1.54, 1.807) is 11.3 Å². The number of nitrogens with two attached hydrogens (primary N) is 1. The normalized spacial score (nSPS) is 15.9. The molecule has 0 spiro atoms. The second-order valence-electron chi connectivity index (χ2n) is 5.67. The molecule has 0 atom stereocenters. The Morgan fingerprint density at radius 3 is 2.70 bits per heavy atom. The summed E-state index contributed by atoms with van der Waals surface area (Å²) in [5.41, 5.74) is 8.14. The first kappa shape index (κ1) is 18.2. The molecule has 1 aliphatic carbocycles. The molecule has 4 nitrogen and oxygen atoms in total. The van der Waals surface area contributed by atoms with Gasteiger partial charge in [0.15, 0.2) is 5.96 Å². The Morgan fingerprint density at radius 2 is 1.96 bits per heavy atom. The Morgan fingerprint density at radius 1 is 1.22 bits per heavy atom. The van der Waals surface area contributed by atoms with Crippen molar-refractivity contribution in [2.45, 2.75) is 44.7 Å². The number of thiazole rings is 1. The third-order valence-electron chi connectivity index (χ3n) is 3.96. The van der Waals surface area contributed by atoms with E-state index < -0.39 is 0 Å². The van der Waals surface area contributed by atoms with Gasteiger partial charge in [-0.2, -0.15) is 0 Å². The Kier molecular flexibility index (Phi) is 7.29. The summed E-state index contributed by atoms with van der Waals surface area (Å²) in [6, 6.07) is 10.7. The van der Waals surface area contributed by atoms with E-state index in [-0.39, 0.29) is 24.0 Å². The Labute approximate surface area is 158 Å². The van der Waals surface area contributed by atoms with Gasteiger partial charge in [-0.3, -0.25) is 0 Å². The van der Waals surface area contributed by atoms with Crippen molar-refractivity contribution >= 4 is 41.3 Å². The molecular formula is C17H23IN4S. The molecule has 3 rings (SSSR count). The molecule has 6 heteroatoms. The summed E-state index contributed by atoms with van der Waals surface area (Å²) in [5.74, 6) is 0.545. The SMILES string of the molecule is I.NC(=NCc1nc(-c2ccccc2)cs1)NC1CCCCC1. The first-order valence-corrected chi connectivity index (χ1v) is 8.75. The third kappa shape index (κ3) is 5.46. The quantitative estimate of drug-likeness (QED) is 0.425. The van der Waals surface area contributed by atoms with E-state index in [0.717, 1.165) is 16.3 Å². The standard InChI is InChI=1S/C17H22N4S.HI/c18-17(20-14-9-5-2-6-10-14)19-11-16-21-15(12-22-16)13-7-3-1-4-8-13;/h1,3-4,7-8,12,14H,2,5-6,9-11H2,(H3,18,19,20);1H. The highest BCUT2D eigenvalue weighted by atomic mass is 127. The van der Waals surface area contributed by atoms with Gasteiger partial charge in [0.25, 0.3) is 0 Å². The molecule has 0 bridgehead atoms. The molecule has 1 heterocycles. The van der Waals surface area contributed by atoms with Crippen LogP contribution in [0.2, 0.25) is 0 Å². The number of aliphatic imine (C=N–C) groups is 1. The number of halogens is 1. The summed E-state index contributed by atoms with van der Waals surface area (Å²) < 4.78 is 0. The van der Waals surface area contributed by atoms with Crippen LogP contribution in [-0.4, -0.2) is 17.0 Å². The molecule has 1 aromatic carbocycles. The van der Waals surface area contributed by atoms with Crippen molar-refractivity contribution in [2.24, 2.45) is 10.7 Å². The van der Waals surface area contributed by atoms with E-state index in [4.69, 9.17) is 5.73 Å². The number of guanidine groups is 1. The van der Waals surface area contributed by atoms with Crippen molar-refractivity contribution in [1.82, 2.24) is 10.3 Å². The van der Waals surface area contributed by atoms with E-state index >= 15 is 0 Å². The summed E-state index contributed by atoms with van der Waals surface area (Å²) in [6.07, 6.45) is 6.32. The summed E-state index contributed by atoms with van der Waals surface area (Å²) in [7, 11) is 0. The van der Waals surface area contributed by atoms with Gasteiger partial charge in [-0.1, -0.05) is 49.6 Å². The van der Waals surface area contributed by atoms with Crippen molar-refractivity contribution in [3.8, 4) is 11.3 Å². The molecule has 1 saturated carbocycles. The fraction of sp³-hybridized carbons (Fsp3) is 0.412. The highest BCUT2D eigenvalue weighted by Crippen LogP contribution is 2.22. The number of rotatable bonds is 4. The van der Waals surface area contributed by atoms with Crippen LogP contribution in [0, 0.1) is 0 Å². The summed E-state index contributed by atoms with van der Waals surface area (Å²) in [6.45, 7) is 0.545. The molecule has 0 saturated heterocycles. The van der Waals surface area contributed by atoms with E-state index in [0.29, 0.717) is 18.5 Å². The van der Waals surface area contributed by atoms with Gasteiger partial charge >= 0.3 is 0 Å². The second-order valence-corrected chi connectivity index (χ2v) is 6.62. The molecule has 1 aromatic heterocycles. The van der Waals surface area contributed by atoms with Crippen LogP contribution < -0.4 is 11.1 Å². The van der Waals surface area contributed by atoms with Gasteiger partial charge in [-0.05, 0) is 12.8 Å². The molecule has 0 unspecified atom stereocenters. The molecule has 1 aliphatic rings. The fourth-order valence-electron chi connectivity index (χ4n) is 2.78. The monoisotopic (exact) mass is 442 g/mol. The van der Waals surface area contributed by atoms with Gasteiger partial charge in [-0.15, -0.1) is 35.3 Å². The van der Waals surface area contributed by atoms with Gasteiger partial charge in [0.05, 0.1) is 12.2 Å². The minimum Gasteiger partial charge on any atom is -0.370 e. The Balaban J connectivity index is 0.00000192. The Bertz CT molecular complexity index is 621. The molecule has 0 aliphatic heterocycles. The van der Waals surface area contributed by atoms with Gasteiger partial charge < -0.3 is 11.1 Å². The van der Waals surface area contributed by atoms with Crippen molar-refractivity contribution in [3.05, 3.63) is 40.7 Å². The Hall–Kier alpha value is -1.15. The second kappa shape index (κ2) is 9.22. The fourth-order valence-corrected chi connectivity index (χ4v) is 3.51. The van der Waals surface area contributed by atoms with Crippen LogP contribution in [0.1, 0.15) is 37.1 Å². The minimum absolute atomic E-state index is 0. The van der Waals surface area contributed by atoms with E-state index in [2.05, 4.69) is 32.8 Å². The van der Waals surface area contributed by atoms with Gasteiger partial charge in [0.1, 0.15) is 5.01 Å². The van der Waals surface area contributed by atoms with Gasteiger partial charge in [-0.25, -0.2) is 9.98 Å². The zero-order valence-electron chi connectivity index (χ0n) is 13.1. The smallest absolute Gasteiger partial charge is 0.189 e. The summed E-state index contributed by atoms with van der Waals surface area (Å²) in [4.78, 5) is 9.05. The lowest BCUT2D eigenvalue weighted by Crippen LogP contribution is -2.41. The summed E-state index contributed by atoms with van der Waals surface area (Å²) in [5, 5.41) is 6.40. The zero-order valence-corrected chi connectivity index (χ0v) is 16.2. The van der Waals surface area contributed by atoms with Gasteiger partial charge in [0.2, 0.25) is 0 Å². The zero-order chi connectivity index (χ0) is 15.2. The average Bonchev–Trinajstić information content (AvgIpc) is 3.04. The largest absolute Gasteiger partial charge is 0.370 e. The molecule has 1 fully saturated rings. The molecule has 2 aromatic rings. The van der Waals surface area contributed by atoms with E-state index in [9.17, 15) is 0 Å². The summed E-state index contributed by atoms with van der Waals surface area (Å²) >= 11 is 1.63. The number of aromatic nitrogens is 1. The van der Waals surface area contributed by atoms with Crippen molar-refractivity contribution in [2.75, 3.05) is 0 Å². The van der Waals surface area contributed by atoms with Crippen LogP contribution in [-0.2, 0) is 6.54 Å². The molecule has 0 amide bonds. The number of benzene rings is 1. The third-order valence-corrected chi connectivity index (χ3v) is 4.80. The first-order valence-electron chi connectivity index (χ1n) is 7.87. The van der Waals surface area contributed by atoms with Crippen LogP contribution in [0.25, 0.3) is 11.3 Å². The maximum atomic E-state index is 5.99. The van der Waals surface area contributed by atoms with Crippen LogP contribution in [0.5, 0.6) is 0 Å². The van der Waals surface area contributed by atoms with Crippen molar-refractivity contribution < 1.29 is 0 Å². The van der Waals surface area contributed by atoms with Crippen molar-refractivity contribution in [3.63, 3.8) is 0 Å². The maximum absolute atomic E-state index is 5.99. The molecule has 3 N–H and O–H groups in total. The van der Waals surface area contributed by atoms with Crippen LogP contribution in [0.3, 0.4) is 0 Å². The lowest BCUT2D eigenvalue weighted by molar-refractivity contribution is 0.412. The van der Waals surface area contributed by atoms with E-state index in [1.807, 2.05) is 18.2 Å². The topological polar surface area (TPSA) is 63.3 Å². The minimum atomic E-state index is 0. The van der Waals surface area contributed by atoms with Crippen LogP contribution in [0.15, 0.2) is 40.7 Å². The number of nitrogens with one attached hydrogen (secondary N) is 1. The van der Waals surface area contributed by atoms with Crippen LogP contribution in [0.4, 0.5) is 0 Å². The predicted molar refractivity (Wildman–Crippen MR) is 108 cm³/mol. The van der Waals surface area contributed by atoms with Crippen molar-refractivity contribution in [1.29, 1.82) is 0 Å². The van der Waals surface area contributed by atoms with Crippen LogP contribution >= 0.6 is 35.3 Å². The lowest BCUT2D eigenvalue weighted by atomic mass is 9.96. The predicted octanol–water partition coefficient (Wildman–Crippen LogP) is 4.17. The van der Waals surface area contributed by atoms with E-state index in [1.165, 1.54) is 32.1 Å². The molecular weight excluding hydrogens is 419 g/mol. The maximum Gasteiger partial charge on any atom is 0.189 e. The number of nitrogens with zero attached hydrogens (tertiary/aromatic N) is 2. The molecule has 0 radical (unpaired) electrons. The lowest BCUT2D eigenvalue weighted by Gasteiger charge is -2.23. The highest BCUT2D eigenvalue weighted by Gasteiger charge is 2.13. The highest BCUT2D eigenvalue weighted by molar-refractivity contribution is 14.0. The molecule has 124 valence electrons. The average molecular weight is 442 g/mol. The first-order chi connectivity index (χ1) is 10.8. The number of hydrogen-bond acceptors (Lipinski definition) is 3. The van der Waals surface area contributed by atoms with Gasteiger partial charge in [0, 0.05) is 17.0 Å². The number of hydrogen-bond donors (Lipinski definition) is 2. The molecule has 23 heavy (non-hydrogen) atoms.